The highest BCUT2D eigenvalue weighted by atomic mass is 32.1. The van der Waals surface area contributed by atoms with Crippen molar-refractivity contribution in [3.8, 4) is 0 Å². The highest BCUT2D eigenvalue weighted by Crippen LogP contribution is 2.31. The van der Waals surface area contributed by atoms with Crippen molar-refractivity contribution < 1.29 is 28.6 Å². The van der Waals surface area contributed by atoms with E-state index in [-0.39, 0.29) is 36.4 Å². The van der Waals surface area contributed by atoms with Gasteiger partial charge >= 0.3 is 6.09 Å². The summed E-state index contributed by atoms with van der Waals surface area (Å²) in [6.45, 7) is 4.21. The first kappa shape index (κ1) is 23.0. The average molecular weight is 497 g/mol. The number of piperazine rings is 1. The Labute approximate surface area is 207 Å². The number of thiocarbonyl (C=S) groups is 1. The van der Waals surface area contributed by atoms with Crippen molar-refractivity contribution in [2.75, 3.05) is 39.6 Å². The third kappa shape index (κ3) is 4.51. The lowest BCUT2D eigenvalue weighted by Crippen LogP contribution is -2.50. The average Bonchev–Trinajstić information content (AvgIpc) is 3.33. The monoisotopic (exact) mass is 496 g/mol. The van der Waals surface area contributed by atoms with Crippen LogP contribution in [-0.4, -0.2) is 83.0 Å². The first-order valence-corrected chi connectivity index (χ1v) is 11.8. The van der Waals surface area contributed by atoms with E-state index in [4.69, 9.17) is 26.4 Å². The van der Waals surface area contributed by atoms with Crippen LogP contribution in [0.25, 0.3) is 0 Å². The molecule has 2 fully saturated rings. The second-order valence-electron chi connectivity index (χ2n) is 8.34. The molecule has 0 radical (unpaired) electrons. The van der Waals surface area contributed by atoms with Crippen LogP contribution in [0.1, 0.15) is 22.8 Å². The second kappa shape index (κ2) is 9.49. The van der Waals surface area contributed by atoms with E-state index in [0.29, 0.717) is 55.6 Å². The zero-order valence-electron chi connectivity index (χ0n) is 19.1. The predicted molar refractivity (Wildman–Crippen MR) is 128 cm³/mol. The number of hydrogen-bond acceptors (Lipinski definition) is 7. The van der Waals surface area contributed by atoms with Crippen LogP contribution in [0.2, 0.25) is 0 Å². The Morgan fingerprint density at radius 2 is 1.77 bits per heavy atom. The molecule has 5 rings (SSSR count). The van der Waals surface area contributed by atoms with Crippen molar-refractivity contribution in [2.45, 2.75) is 13.5 Å². The summed E-state index contributed by atoms with van der Waals surface area (Å²) < 4.78 is 15.8. The molecule has 1 unspecified atom stereocenters. The second-order valence-corrected chi connectivity index (χ2v) is 8.71. The Kier molecular flexibility index (Phi) is 6.25. The summed E-state index contributed by atoms with van der Waals surface area (Å²) in [5.74, 6) is 0.246. The molecule has 0 spiro atoms. The molecule has 0 saturated carbocycles. The molecule has 182 valence electrons. The van der Waals surface area contributed by atoms with E-state index in [1.807, 2.05) is 12.1 Å². The molecule has 0 aromatic heterocycles. The summed E-state index contributed by atoms with van der Waals surface area (Å²) in [6, 6.07) is 7.09. The number of carbonyl (C=O) groups excluding carboxylic acids is 3. The van der Waals surface area contributed by atoms with Gasteiger partial charge in [0.25, 0.3) is 5.91 Å². The molecule has 1 aliphatic carbocycles. The Balaban J connectivity index is 1.22. The smallest absolute Gasteiger partial charge is 0.409 e. The van der Waals surface area contributed by atoms with Crippen LogP contribution >= 0.6 is 12.2 Å². The lowest BCUT2D eigenvalue weighted by molar-refractivity contribution is -0.129. The van der Waals surface area contributed by atoms with Gasteiger partial charge < -0.3 is 24.0 Å². The van der Waals surface area contributed by atoms with E-state index in [2.05, 4.69) is 4.99 Å². The van der Waals surface area contributed by atoms with Crippen LogP contribution in [-0.2, 0) is 25.5 Å². The minimum absolute atomic E-state index is 0.103. The first-order chi connectivity index (χ1) is 16.9. The van der Waals surface area contributed by atoms with E-state index in [9.17, 15) is 14.4 Å². The third-order valence-corrected chi connectivity index (χ3v) is 6.52. The molecule has 35 heavy (non-hydrogen) atoms. The van der Waals surface area contributed by atoms with Crippen LogP contribution in [0.5, 0.6) is 0 Å². The van der Waals surface area contributed by atoms with E-state index in [1.54, 1.807) is 41.0 Å². The summed E-state index contributed by atoms with van der Waals surface area (Å²) in [7, 11) is 0. The number of rotatable bonds is 4. The molecular weight excluding hydrogens is 472 g/mol. The zero-order valence-corrected chi connectivity index (χ0v) is 20.0. The Hall–Kier alpha value is -3.73. The maximum atomic E-state index is 13.1. The van der Waals surface area contributed by atoms with Gasteiger partial charge in [-0.3, -0.25) is 14.5 Å². The van der Waals surface area contributed by atoms with Gasteiger partial charge in [0.15, 0.2) is 11.5 Å². The van der Waals surface area contributed by atoms with Crippen molar-refractivity contribution in [2.24, 2.45) is 10.9 Å². The van der Waals surface area contributed by atoms with Gasteiger partial charge in [0.05, 0.1) is 18.9 Å². The number of benzene rings is 1. The van der Waals surface area contributed by atoms with Gasteiger partial charge in [-0.05, 0) is 42.9 Å². The maximum absolute atomic E-state index is 13.1. The van der Waals surface area contributed by atoms with E-state index < -0.39 is 5.92 Å². The minimum atomic E-state index is -0.573. The number of amides is 3. The van der Waals surface area contributed by atoms with Crippen molar-refractivity contribution in [1.82, 2.24) is 14.7 Å². The lowest BCUT2D eigenvalue weighted by Gasteiger charge is -2.34. The fraction of sp³-hybridized carbons (Fsp3) is 0.375. The van der Waals surface area contributed by atoms with Crippen LogP contribution in [0.15, 0.2) is 52.9 Å². The molecule has 3 heterocycles. The standard InChI is InChI=1S/C24H24N4O6S/c1-2-32-24(31)27-9-7-26(8-10-27)21(29)16-5-3-15(4-6-16)13-28-22(30)17-11-19-20(34-14-33-19)12-18(17)25-23(28)35/h3-6,11-12,17H,2,7-10,13-14H2,1H3. The molecule has 1 aromatic rings. The molecule has 4 aliphatic rings. The van der Waals surface area contributed by atoms with E-state index >= 15 is 0 Å². The fourth-order valence-corrected chi connectivity index (χ4v) is 4.57. The highest BCUT2D eigenvalue weighted by Gasteiger charge is 2.38. The number of fused-ring (bicyclic) bond motifs is 2. The molecular formula is C24H24N4O6S. The SMILES string of the molecule is CCOC(=O)N1CCN(C(=O)c2ccc(CN3C(=O)C4C=C5OCOC5=CC4=NC3=S)cc2)CC1. The van der Waals surface area contributed by atoms with Gasteiger partial charge in [0.1, 0.15) is 5.92 Å². The number of nitrogens with zero attached hydrogens (tertiary/aromatic N) is 4. The zero-order chi connectivity index (χ0) is 24.5. The minimum Gasteiger partial charge on any atom is -0.454 e. The number of allylic oxidation sites excluding steroid dienone is 1. The first-order valence-electron chi connectivity index (χ1n) is 11.4. The fourth-order valence-electron chi connectivity index (χ4n) is 4.31. The largest absolute Gasteiger partial charge is 0.454 e. The van der Waals surface area contributed by atoms with Gasteiger partial charge in [0.2, 0.25) is 17.8 Å². The summed E-state index contributed by atoms with van der Waals surface area (Å²) in [5.41, 5.74) is 1.91. The van der Waals surface area contributed by atoms with Gasteiger partial charge in [0, 0.05) is 37.8 Å². The Morgan fingerprint density at radius 3 is 2.49 bits per heavy atom. The molecule has 0 N–H and O–H groups in total. The topological polar surface area (TPSA) is 101 Å². The third-order valence-electron chi connectivity index (χ3n) is 6.21. The van der Waals surface area contributed by atoms with Gasteiger partial charge in [-0.1, -0.05) is 12.1 Å². The molecule has 11 heteroatoms. The summed E-state index contributed by atoms with van der Waals surface area (Å²) >= 11 is 5.39. The van der Waals surface area contributed by atoms with Crippen molar-refractivity contribution in [3.05, 3.63) is 59.1 Å². The van der Waals surface area contributed by atoms with Crippen LogP contribution in [0.4, 0.5) is 4.79 Å². The van der Waals surface area contributed by atoms with E-state index in [1.165, 1.54) is 4.90 Å². The van der Waals surface area contributed by atoms with Crippen LogP contribution in [0, 0.1) is 5.92 Å². The number of carbonyl (C=O) groups is 3. The molecule has 2 saturated heterocycles. The molecule has 10 nitrogen and oxygen atoms in total. The van der Waals surface area contributed by atoms with Gasteiger partial charge in [-0.25, -0.2) is 9.79 Å². The van der Waals surface area contributed by atoms with Gasteiger partial charge in [-0.15, -0.1) is 0 Å². The summed E-state index contributed by atoms with van der Waals surface area (Å²) in [6.07, 6.45) is 3.05. The molecule has 3 aliphatic heterocycles. The summed E-state index contributed by atoms with van der Waals surface area (Å²) in [4.78, 5) is 47.1. The normalized spacial score (nSPS) is 21.2. The predicted octanol–water partition coefficient (Wildman–Crippen LogP) is 2.07. The number of hydrogen-bond donors (Lipinski definition) is 0. The van der Waals surface area contributed by atoms with Crippen LogP contribution in [0.3, 0.4) is 0 Å². The molecule has 1 atom stereocenters. The Bertz CT molecular complexity index is 1170. The van der Waals surface area contributed by atoms with E-state index in [0.717, 1.165) is 5.56 Å². The highest BCUT2D eigenvalue weighted by molar-refractivity contribution is 7.80. The Morgan fingerprint density at radius 1 is 1.09 bits per heavy atom. The summed E-state index contributed by atoms with van der Waals surface area (Å²) in [5, 5.41) is 0.188. The molecule has 0 bridgehead atoms. The quantitative estimate of drug-likeness (QED) is 0.588. The molecule has 3 amide bonds. The van der Waals surface area contributed by atoms with Crippen molar-refractivity contribution >= 4 is 40.9 Å². The lowest BCUT2D eigenvalue weighted by atomic mass is 9.93. The van der Waals surface area contributed by atoms with Gasteiger partial charge in [-0.2, -0.15) is 0 Å². The maximum Gasteiger partial charge on any atom is 0.409 e. The van der Waals surface area contributed by atoms with Crippen molar-refractivity contribution in [1.29, 1.82) is 0 Å². The number of ether oxygens (including phenoxy) is 3. The van der Waals surface area contributed by atoms with Crippen molar-refractivity contribution in [3.63, 3.8) is 0 Å². The number of aliphatic imine (C=N–C) groups is 1. The molecule has 1 aromatic carbocycles. The van der Waals surface area contributed by atoms with Crippen LogP contribution < -0.4 is 0 Å².